The molecule has 122 valence electrons. The molecule has 2 amide bonds. The zero-order valence-corrected chi connectivity index (χ0v) is 11.9. The SMILES string of the molecule is NC(=O)CCNC(=O)c1cc(-c2ccccc2)[nH]c1C(F)(F)F. The topological polar surface area (TPSA) is 88.0 Å². The van der Waals surface area contributed by atoms with Crippen molar-refractivity contribution >= 4 is 11.8 Å². The Balaban J connectivity index is 2.32. The van der Waals surface area contributed by atoms with E-state index in [1.165, 1.54) is 0 Å². The predicted octanol–water partition coefficient (Wildman–Crippen LogP) is 2.31. The number of halogens is 3. The van der Waals surface area contributed by atoms with E-state index in [1.54, 1.807) is 30.3 Å². The first-order valence-corrected chi connectivity index (χ1v) is 6.71. The summed E-state index contributed by atoms with van der Waals surface area (Å²) in [6.07, 6.45) is -4.85. The highest BCUT2D eigenvalue weighted by atomic mass is 19.4. The number of rotatable bonds is 5. The summed E-state index contributed by atoms with van der Waals surface area (Å²) in [7, 11) is 0. The number of primary amides is 1. The van der Waals surface area contributed by atoms with Gasteiger partial charge in [0, 0.05) is 18.7 Å². The van der Waals surface area contributed by atoms with Gasteiger partial charge in [0.25, 0.3) is 5.91 Å². The van der Waals surface area contributed by atoms with E-state index in [4.69, 9.17) is 5.73 Å². The molecule has 0 saturated heterocycles. The van der Waals surface area contributed by atoms with Gasteiger partial charge in [-0.3, -0.25) is 9.59 Å². The van der Waals surface area contributed by atoms with E-state index >= 15 is 0 Å². The quantitative estimate of drug-likeness (QED) is 0.787. The average molecular weight is 325 g/mol. The molecule has 0 unspecified atom stereocenters. The fourth-order valence-corrected chi connectivity index (χ4v) is 2.02. The van der Waals surface area contributed by atoms with Crippen LogP contribution in [0.2, 0.25) is 0 Å². The molecule has 1 heterocycles. The van der Waals surface area contributed by atoms with Crippen molar-refractivity contribution in [3.63, 3.8) is 0 Å². The number of benzene rings is 1. The number of nitrogens with two attached hydrogens (primary N) is 1. The van der Waals surface area contributed by atoms with E-state index in [0.717, 1.165) is 6.07 Å². The number of alkyl halides is 3. The zero-order valence-electron chi connectivity index (χ0n) is 11.9. The molecule has 8 heteroatoms. The van der Waals surface area contributed by atoms with Crippen LogP contribution in [-0.4, -0.2) is 23.3 Å². The first-order chi connectivity index (χ1) is 10.8. The summed E-state index contributed by atoms with van der Waals surface area (Å²) in [5, 5.41) is 2.25. The highest BCUT2D eigenvalue weighted by Crippen LogP contribution is 2.34. The van der Waals surface area contributed by atoms with Crippen molar-refractivity contribution < 1.29 is 22.8 Å². The Morgan fingerprint density at radius 2 is 1.83 bits per heavy atom. The van der Waals surface area contributed by atoms with Gasteiger partial charge in [-0.1, -0.05) is 30.3 Å². The van der Waals surface area contributed by atoms with E-state index in [1.807, 2.05) is 0 Å². The van der Waals surface area contributed by atoms with Gasteiger partial charge in [-0.25, -0.2) is 0 Å². The first kappa shape index (κ1) is 16.6. The second-order valence-electron chi connectivity index (χ2n) is 4.81. The molecule has 0 bridgehead atoms. The summed E-state index contributed by atoms with van der Waals surface area (Å²) in [5.41, 5.74) is 3.96. The molecule has 23 heavy (non-hydrogen) atoms. The normalized spacial score (nSPS) is 11.3. The van der Waals surface area contributed by atoms with Crippen LogP contribution in [0.25, 0.3) is 11.3 Å². The van der Waals surface area contributed by atoms with E-state index < -0.39 is 29.2 Å². The molecular formula is C15H14F3N3O2. The molecule has 0 aliphatic heterocycles. The minimum absolute atomic E-state index is 0.128. The van der Waals surface area contributed by atoms with Gasteiger partial charge in [0.15, 0.2) is 0 Å². The maximum absolute atomic E-state index is 13.1. The van der Waals surface area contributed by atoms with E-state index in [2.05, 4.69) is 10.3 Å². The van der Waals surface area contributed by atoms with Gasteiger partial charge in [-0.2, -0.15) is 13.2 Å². The van der Waals surface area contributed by atoms with E-state index in [-0.39, 0.29) is 18.7 Å². The summed E-state index contributed by atoms with van der Waals surface area (Å²) in [6, 6.07) is 9.47. The molecule has 0 spiro atoms. The molecule has 0 radical (unpaired) electrons. The molecule has 2 rings (SSSR count). The molecule has 5 nitrogen and oxygen atoms in total. The number of carbonyl (C=O) groups excluding carboxylic acids is 2. The highest BCUT2D eigenvalue weighted by molar-refractivity contribution is 5.97. The molecule has 0 saturated carbocycles. The predicted molar refractivity (Wildman–Crippen MR) is 77.4 cm³/mol. The van der Waals surface area contributed by atoms with Crippen LogP contribution in [0.5, 0.6) is 0 Å². The smallest absolute Gasteiger partial charge is 0.370 e. The maximum atomic E-state index is 13.1. The van der Waals surface area contributed by atoms with Gasteiger partial charge in [0.05, 0.1) is 5.56 Å². The van der Waals surface area contributed by atoms with Crippen LogP contribution in [0.15, 0.2) is 36.4 Å². The second kappa shape index (κ2) is 6.55. The minimum Gasteiger partial charge on any atom is -0.370 e. The monoisotopic (exact) mass is 325 g/mol. The number of hydrogen-bond donors (Lipinski definition) is 3. The maximum Gasteiger partial charge on any atom is 0.432 e. The van der Waals surface area contributed by atoms with Crippen LogP contribution in [0.4, 0.5) is 13.2 Å². The number of aromatic amines is 1. The van der Waals surface area contributed by atoms with Crippen molar-refractivity contribution in [1.29, 1.82) is 0 Å². The summed E-state index contributed by atoms with van der Waals surface area (Å²) in [4.78, 5) is 24.8. The first-order valence-electron chi connectivity index (χ1n) is 6.71. The second-order valence-corrected chi connectivity index (χ2v) is 4.81. The lowest BCUT2D eigenvalue weighted by Crippen LogP contribution is -2.29. The summed E-state index contributed by atoms with van der Waals surface area (Å²) in [5.74, 6) is -1.57. The van der Waals surface area contributed by atoms with Gasteiger partial charge in [-0.05, 0) is 11.6 Å². The van der Waals surface area contributed by atoms with Crippen molar-refractivity contribution in [3.8, 4) is 11.3 Å². The van der Waals surface area contributed by atoms with Crippen LogP contribution < -0.4 is 11.1 Å². The largest absolute Gasteiger partial charge is 0.432 e. The lowest BCUT2D eigenvalue weighted by atomic mass is 10.1. The van der Waals surface area contributed by atoms with Crippen LogP contribution in [-0.2, 0) is 11.0 Å². The number of aromatic nitrogens is 1. The van der Waals surface area contributed by atoms with Crippen molar-refractivity contribution in [3.05, 3.63) is 47.7 Å². The number of H-pyrrole nitrogens is 1. The summed E-state index contributed by atoms with van der Waals surface area (Å²) < 4.78 is 39.3. The number of amides is 2. The fraction of sp³-hybridized carbons (Fsp3) is 0.200. The Morgan fingerprint density at radius 3 is 2.39 bits per heavy atom. The van der Waals surface area contributed by atoms with Crippen LogP contribution in [0.3, 0.4) is 0 Å². The summed E-state index contributed by atoms with van der Waals surface area (Å²) in [6.45, 7) is -0.128. The minimum atomic E-state index is -4.70. The number of hydrogen-bond acceptors (Lipinski definition) is 2. The molecule has 0 atom stereocenters. The third-order valence-corrected chi connectivity index (χ3v) is 3.09. The van der Waals surface area contributed by atoms with Gasteiger partial charge in [-0.15, -0.1) is 0 Å². The molecule has 1 aromatic heterocycles. The van der Waals surface area contributed by atoms with Crippen molar-refractivity contribution in [2.75, 3.05) is 6.54 Å². The van der Waals surface area contributed by atoms with Gasteiger partial charge >= 0.3 is 6.18 Å². The molecular weight excluding hydrogens is 311 g/mol. The fourth-order valence-electron chi connectivity index (χ4n) is 2.02. The Kier molecular flexibility index (Phi) is 4.73. The van der Waals surface area contributed by atoms with Crippen molar-refractivity contribution in [2.45, 2.75) is 12.6 Å². The molecule has 2 aromatic rings. The van der Waals surface area contributed by atoms with Crippen molar-refractivity contribution in [1.82, 2.24) is 10.3 Å². The third kappa shape index (κ3) is 4.12. The lowest BCUT2D eigenvalue weighted by molar-refractivity contribution is -0.141. The Hall–Kier alpha value is -2.77. The third-order valence-electron chi connectivity index (χ3n) is 3.09. The molecule has 0 aliphatic rings. The van der Waals surface area contributed by atoms with Crippen LogP contribution >= 0.6 is 0 Å². The standard InChI is InChI=1S/C15H14F3N3O2/c16-15(17,18)13-10(14(23)20-7-6-12(19)22)8-11(21-13)9-4-2-1-3-5-9/h1-5,8,21H,6-7H2,(H2,19,22)(H,20,23). The van der Waals surface area contributed by atoms with Crippen LogP contribution in [0, 0.1) is 0 Å². The van der Waals surface area contributed by atoms with Crippen molar-refractivity contribution in [2.24, 2.45) is 5.73 Å². The highest BCUT2D eigenvalue weighted by Gasteiger charge is 2.37. The number of carbonyl (C=O) groups is 2. The van der Waals surface area contributed by atoms with Gasteiger partial charge < -0.3 is 16.0 Å². The van der Waals surface area contributed by atoms with Gasteiger partial charge in [0.2, 0.25) is 5.91 Å². The Bertz CT molecular complexity index is 709. The molecule has 4 N–H and O–H groups in total. The zero-order chi connectivity index (χ0) is 17.0. The average Bonchev–Trinajstić information content (AvgIpc) is 2.93. The lowest BCUT2D eigenvalue weighted by Gasteiger charge is -2.08. The summed E-state index contributed by atoms with van der Waals surface area (Å²) >= 11 is 0. The number of nitrogens with one attached hydrogen (secondary N) is 2. The molecule has 0 aliphatic carbocycles. The van der Waals surface area contributed by atoms with Crippen LogP contribution in [0.1, 0.15) is 22.5 Å². The van der Waals surface area contributed by atoms with E-state index in [0.29, 0.717) is 5.56 Å². The molecule has 0 fully saturated rings. The Labute approximate surface area is 129 Å². The van der Waals surface area contributed by atoms with E-state index in [9.17, 15) is 22.8 Å². The molecule has 1 aromatic carbocycles. The van der Waals surface area contributed by atoms with Gasteiger partial charge in [0.1, 0.15) is 5.69 Å². The Morgan fingerprint density at radius 1 is 1.17 bits per heavy atom.